The smallest absolute Gasteiger partial charge is 0.124 e. The maximum absolute atomic E-state index is 13.3. The van der Waals surface area contributed by atoms with Crippen LogP contribution in [0.1, 0.15) is 34.3 Å². The van der Waals surface area contributed by atoms with Gasteiger partial charge in [0.15, 0.2) is 0 Å². The van der Waals surface area contributed by atoms with Crippen LogP contribution in [-0.4, -0.2) is 5.11 Å². The van der Waals surface area contributed by atoms with Crippen LogP contribution in [-0.2, 0) is 6.42 Å². The van der Waals surface area contributed by atoms with Crippen molar-refractivity contribution in [3.8, 4) is 0 Å². The highest BCUT2D eigenvalue weighted by Crippen LogP contribution is 2.29. The number of halogens is 2. The third kappa shape index (κ3) is 3.07. The Balaban J connectivity index is 2.27. The summed E-state index contributed by atoms with van der Waals surface area (Å²) in [6, 6.07) is 4.64. The zero-order chi connectivity index (χ0) is 14.2. The first-order chi connectivity index (χ1) is 8.88. The standard InChI is InChI=1S/C15H16BrFO2/c1-8-9(2)19-10(3)15(8)14(18)6-11-4-12(16)7-13(17)5-11/h4-5,7,14,18H,6H2,1-3H3. The second-order valence-corrected chi connectivity index (χ2v) is 5.67. The molecule has 2 rings (SSSR count). The van der Waals surface area contributed by atoms with Crippen molar-refractivity contribution in [1.29, 1.82) is 0 Å². The molecule has 0 radical (unpaired) electrons. The van der Waals surface area contributed by atoms with Gasteiger partial charge in [-0.15, -0.1) is 0 Å². The third-order valence-corrected chi connectivity index (χ3v) is 3.76. The van der Waals surface area contributed by atoms with Gasteiger partial charge in [-0.1, -0.05) is 15.9 Å². The molecule has 102 valence electrons. The molecular weight excluding hydrogens is 311 g/mol. The highest BCUT2D eigenvalue weighted by Gasteiger charge is 2.19. The van der Waals surface area contributed by atoms with Gasteiger partial charge in [-0.2, -0.15) is 0 Å². The molecule has 0 saturated heterocycles. The summed E-state index contributed by atoms with van der Waals surface area (Å²) in [5.74, 6) is 1.22. The molecule has 1 heterocycles. The summed E-state index contributed by atoms with van der Waals surface area (Å²) in [6.45, 7) is 5.63. The van der Waals surface area contributed by atoms with Crippen LogP contribution in [0.2, 0.25) is 0 Å². The van der Waals surface area contributed by atoms with Crippen LogP contribution in [0.15, 0.2) is 27.1 Å². The average molecular weight is 327 g/mol. The van der Waals surface area contributed by atoms with Gasteiger partial charge in [0.1, 0.15) is 17.3 Å². The van der Waals surface area contributed by atoms with Crippen LogP contribution in [0.5, 0.6) is 0 Å². The van der Waals surface area contributed by atoms with E-state index in [0.29, 0.717) is 10.9 Å². The first-order valence-corrected chi connectivity index (χ1v) is 6.87. The fourth-order valence-electron chi connectivity index (χ4n) is 2.35. The lowest BCUT2D eigenvalue weighted by Crippen LogP contribution is -2.04. The lowest BCUT2D eigenvalue weighted by atomic mass is 9.98. The lowest BCUT2D eigenvalue weighted by molar-refractivity contribution is 0.175. The van der Waals surface area contributed by atoms with Crippen LogP contribution in [0, 0.1) is 26.6 Å². The zero-order valence-electron chi connectivity index (χ0n) is 11.1. The third-order valence-electron chi connectivity index (χ3n) is 3.30. The van der Waals surface area contributed by atoms with E-state index in [0.717, 1.165) is 28.2 Å². The molecular formula is C15H16BrFO2. The molecule has 0 aliphatic carbocycles. The molecule has 0 spiro atoms. The summed E-state index contributed by atoms with van der Waals surface area (Å²) in [5.41, 5.74) is 2.51. The zero-order valence-corrected chi connectivity index (χ0v) is 12.7. The summed E-state index contributed by atoms with van der Waals surface area (Å²) in [6.07, 6.45) is -0.331. The van der Waals surface area contributed by atoms with Crippen molar-refractivity contribution in [2.45, 2.75) is 33.3 Å². The van der Waals surface area contributed by atoms with E-state index in [9.17, 15) is 9.50 Å². The number of furan rings is 1. The van der Waals surface area contributed by atoms with Gasteiger partial charge < -0.3 is 9.52 Å². The van der Waals surface area contributed by atoms with Crippen molar-refractivity contribution in [3.05, 3.63) is 56.7 Å². The number of aliphatic hydroxyl groups is 1. The summed E-state index contributed by atoms with van der Waals surface area (Å²) in [5, 5.41) is 10.3. The van der Waals surface area contributed by atoms with Crippen LogP contribution in [0.3, 0.4) is 0 Å². The van der Waals surface area contributed by atoms with Crippen LogP contribution < -0.4 is 0 Å². The number of hydrogen-bond acceptors (Lipinski definition) is 2. The second-order valence-electron chi connectivity index (χ2n) is 4.75. The van der Waals surface area contributed by atoms with Crippen molar-refractivity contribution in [2.24, 2.45) is 0 Å². The van der Waals surface area contributed by atoms with E-state index < -0.39 is 6.10 Å². The first kappa shape index (κ1) is 14.3. The normalized spacial score (nSPS) is 12.7. The molecule has 19 heavy (non-hydrogen) atoms. The SMILES string of the molecule is Cc1oc(C)c(C(O)Cc2cc(F)cc(Br)c2)c1C. The second kappa shape index (κ2) is 5.47. The largest absolute Gasteiger partial charge is 0.466 e. The Morgan fingerprint density at radius 1 is 1.21 bits per heavy atom. The van der Waals surface area contributed by atoms with E-state index in [1.54, 1.807) is 0 Å². The Morgan fingerprint density at radius 2 is 1.89 bits per heavy atom. The lowest BCUT2D eigenvalue weighted by Gasteiger charge is -2.12. The van der Waals surface area contributed by atoms with Crippen molar-refractivity contribution in [3.63, 3.8) is 0 Å². The molecule has 0 saturated carbocycles. The van der Waals surface area contributed by atoms with Crippen LogP contribution in [0.25, 0.3) is 0 Å². The molecule has 0 fully saturated rings. The van der Waals surface area contributed by atoms with Crippen molar-refractivity contribution < 1.29 is 13.9 Å². The van der Waals surface area contributed by atoms with Crippen LogP contribution >= 0.6 is 15.9 Å². The van der Waals surface area contributed by atoms with Gasteiger partial charge in [0, 0.05) is 16.5 Å². The molecule has 0 amide bonds. The molecule has 1 aromatic carbocycles. The predicted octanol–water partition coefficient (Wildman–Crippen LogP) is 4.38. The predicted molar refractivity (Wildman–Crippen MR) is 75.7 cm³/mol. The van der Waals surface area contributed by atoms with E-state index in [4.69, 9.17) is 4.42 Å². The first-order valence-electron chi connectivity index (χ1n) is 6.08. The number of rotatable bonds is 3. The van der Waals surface area contributed by atoms with E-state index in [1.165, 1.54) is 12.1 Å². The Labute approximate surface area is 120 Å². The molecule has 0 bridgehead atoms. The molecule has 4 heteroatoms. The molecule has 2 nitrogen and oxygen atoms in total. The molecule has 1 N–H and O–H groups in total. The van der Waals surface area contributed by atoms with Gasteiger partial charge in [0.25, 0.3) is 0 Å². The van der Waals surface area contributed by atoms with Gasteiger partial charge in [0.2, 0.25) is 0 Å². The van der Waals surface area contributed by atoms with E-state index in [-0.39, 0.29) is 5.82 Å². The van der Waals surface area contributed by atoms with Crippen molar-refractivity contribution >= 4 is 15.9 Å². The monoisotopic (exact) mass is 326 g/mol. The fraction of sp³-hybridized carbons (Fsp3) is 0.333. The maximum Gasteiger partial charge on any atom is 0.124 e. The highest BCUT2D eigenvalue weighted by atomic mass is 79.9. The fourth-order valence-corrected chi connectivity index (χ4v) is 2.87. The molecule has 1 atom stereocenters. The minimum atomic E-state index is -0.689. The summed E-state index contributed by atoms with van der Waals surface area (Å²) >= 11 is 3.25. The number of aliphatic hydroxyl groups excluding tert-OH is 1. The molecule has 0 aliphatic heterocycles. The van der Waals surface area contributed by atoms with E-state index in [1.807, 2.05) is 26.8 Å². The summed E-state index contributed by atoms with van der Waals surface area (Å²) in [7, 11) is 0. The number of hydrogen-bond donors (Lipinski definition) is 1. The maximum atomic E-state index is 13.3. The minimum Gasteiger partial charge on any atom is -0.466 e. The summed E-state index contributed by atoms with van der Waals surface area (Å²) < 4.78 is 19.5. The van der Waals surface area contributed by atoms with Crippen LogP contribution in [0.4, 0.5) is 4.39 Å². The Hall–Kier alpha value is -1.13. The van der Waals surface area contributed by atoms with E-state index in [2.05, 4.69) is 15.9 Å². The van der Waals surface area contributed by atoms with Gasteiger partial charge in [-0.25, -0.2) is 4.39 Å². The molecule has 2 aromatic rings. The van der Waals surface area contributed by atoms with Gasteiger partial charge >= 0.3 is 0 Å². The average Bonchev–Trinajstić information content (AvgIpc) is 2.51. The highest BCUT2D eigenvalue weighted by molar-refractivity contribution is 9.10. The number of aryl methyl sites for hydroxylation is 2. The number of benzene rings is 1. The Bertz CT molecular complexity index is 584. The summed E-state index contributed by atoms with van der Waals surface area (Å²) in [4.78, 5) is 0. The Kier molecular flexibility index (Phi) is 4.11. The van der Waals surface area contributed by atoms with Crippen molar-refractivity contribution in [1.82, 2.24) is 0 Å². The Morgan fingerprint density at radius 3 is 2.42 bits per heavy atom. The van der Waals surface area contributed by atoms with Crippen molar-refractivity contribution in [2.75, 3.05) is 0 Å². The van der Waals surface area contributed by atoms with E-state index >= 15 is 0 Å². The topological polar surface area (TPSA) is 33.4 Å². The van der Waals surface area contributed by atoms with Gasteiger partial charge in [0.05, 0.1) is 6.10 Å². The quantitative estimate of drug-likeness (QED) is 0.907. The minimum absolute atomic E-state index is 0.312. The molecule has 0 aliphatic rings. The van der Waals surface area contributed by atoms with Gasteiger partial charge in [-0.05, 0) is 50.1 Å². The molecule has 1 aromatic heterocycles. The molecule has 1 unspecified atom stereocenters. The van der Waals surface area contributed by atoms with Gasteiger partial charge in [-0.3, -0.25) is 0 Å².